The Morgan fingerprint density at radius 2 is 2.00 bits per heavy atom. The van der Waals surface area contributed by atoms with Crippen molar-refractivity contribution in [3.8, 4) is 11.6 Å². The molecule has 0 aliphatic rings. The average molecular weight is 328 g/mol. The van der Waals surface area contributed by atoms with Crippen molar-refractivity contribution in [1.29, 1.82) is 0 Å². The standard InChI is InChI=1S/C17H16N2O3S/c1-4-21-17(20)12-7-5-6-8-13(12)22-15-14-10(2)11(3)23-16(14)19-9-18-15/h5-9H,4H2,1-3H3. The smallest absolute Gasteiger partial charge is 0.341 e. The number of aromatic nitrogens is 2. The second-order valence-corrected chi connectivity index (χ2v) is 6.16. The molecule has 118 valence electrons. The van der Waals surface area contributed by atoms with Gasteiger partial charge in [-0.1, -0.05) is 12.1 Å². The molecular formula is C17H16N2O3S. The third-order valence-corrected chi connectivity index (χ3v) is 4.63. The van der Waals surface area contributed by atoms with Crippen LogP contribution in [-0.4, -0.2) is 22.5 Å². The van der Waals surface area contributed by atoms with Crippen LogP contribution in [-0.2, 0) is 4.74 Å². The Bertz CT molecular complexity index is 873. The summed E-state index contributed by atoms with van der Waals surface area (Å²) in [6.45, 7) is 6.14. The Morgan fingerprint density at radius 1 is 1.22 bits per heavy atom. The van der Waals surface area contributed by atoms with E-state index in [9.17, 15) is 4.79 Å². The zero-order chi connectivity index (χ0) is 16.4. The highest BCUT2D eigenvalue weighted by atomic mass is 32.1. The van der Waals surface area contributed by atoms with Gasteiger partial charge >= 0.3 is 5.97 Å². The summed E-state index contributed by atoms with van der Waals surface area (Å²) in [6.07, 6.45) is 1.47. The van der Waals surface area contributed by atoms with Crippen molar-refractivity contribution >= 4 is 27.5 Å². The predicted octanol–water partition coefficient (Wildman–Crippen LogP) is 4.28. The van der Waals surface area contributed by atoms with Crippen LogP contribution in [0.5, 0.6) is 11.6 Å². The Kier molecular flexibility index (Phi) is 4.25. The van der Waals surface area contributed by atoms with E-state index in [1.165, 1.54) is 11.2 Å². The van der Waals surface area contributed by atoms with Gasteiger partial charge in [-0.15, -0.1) is 11.3 Å². The molecule has 1 aromatic carbocycles. The van der Waals surface area contributed by atoms with Crippen LogP contribution in [0, 0.1) is 13.8 Å². The number of hydrogen-bond donors (Lipinski definition) is 0. The molecule has 0 spiro atoms. The van der Waals surface area contributed by atoms with Gasteiger partial charge in [0.2, 0.25) is 5.88 Å². The van der Waals surface area contributed by atoms with Crippen LogP contribution in [0.15, 0.2) is 30.6 Å². The van der Waals surface area contributed by atoms with Crippen molar-refractivity contribution in [2.24, 2.45) is 0 Å². The van der Waals surface area contributed by atoms with Crippen molar-refractivity contribution in [2.45, 2.75) is 20.8 Å². The van der Waals surface area contributed by atoms with E-state index >= 15 is 0 Å². The number of carbonyl (C=O) groups is 1. The van der Waals surface area contributed by atoms with Gasteiger partial charge in [0.1, 0.15) is 22.5 Å². The monoisotopic (exact) mass is 328 g/mol. The normalized spacial score (nSPS) is 10.7. The molecular weight excluding hydrogens is 312 g/mol. The molecule has 2 aromatic heterocycles. The fraction of sp³-hybridized carbons (Fsp3) is 0.235. The molecule has 6 heteroatoms. The van der Waals surface area contributed by atoms with E-state index in [0.29, 0.717) is 23.8 Å². The number of ether oxygens (including phenoxy) is 2. The number of benzene rings is 1. The molecule has 2 heterocycles. The number of rotatable bonds is 4. The van der Waals surface area contributed by atoms with Gasteiger partial charge in [-0.2, -0.15) is 0 Å². The second kappa shape index (κ2) is 6.34. The lowest BCUT2D eigenvalue weighted by atomic mass is 10.2. The van der Waals surface area contributed by atoms with Crippen molar-refractivity contribution in [1.82, 2.24) is 9.97 Å². The number of para-hydroxylation sites is 1. The molecule has 0 aliphatic heterocycles. The first kappa shape index (κ1) is 15.4. The minimum atomic E-state index is -0.411. The fourth-order valence-electron chi connectivity index (χ4n) is 2.26. The summed E-state index contributed by atoms with van der Waals surface area (Å²) in [7, 11) is 0. The van der Waals surface area contributed by atoms with Crippen molar-refractivity contribution < 1.29 is 14.3 Å². The molecule has 0 unspecified atom stereocenters. The molecule has 0 bridgehead atoms. The molecule has 23 heavy (non-hydrogen) atoms. The molecule has 0 saturated heterocycles. The zero-order valence-corrected chi connectivity index (χ0v) is 13.9. The van der Waals surface area contributed by atoms with Crippen LogP contribution in [0.1, 0.15) is 27.7 Å². The molecule has 5 nitrogen and oxygen atoms in total. The van der Waals surface area contributed by atoms with E-state index in [0.717, 1.165) is 15.8 Å². The summed E-state index contributed by atoms with van der Waals surface area (Å²) in [5.74, 6) is 0.467. The fourth-order valence-corrected chi connectivity index (χ4v) is 3.25. The molecule has 0 radical (unpaired) electrons. The van der Waals surface area contributed by atoms with Crippen LogP contribution in [0.3, 0.4) is 0 Å². The Hall–Kier alpha value is -2.47. The number of nitrogens with zero attached hydrogens (tertiary/aromatic N) is 2. The largest absolute Gasteiger partial charge is 0.462 e. The Balaban J connectivity index is 2.05. The van der Waals surface area contributed by atoms with Crippen molar-refractivity contribution in [3.05, 3.63) is 46.6 Å². The maximum atomic E-state index is 12.1. The number of hydrogen-bond acceptors (Lipinski definition) is 6. The quantitative estimate of drug-likeness (QED) is 0.669. The minimum absolute atomic E-state index is 0.313. The minimum Gasteiger partial charge on any atom is -0.462 e. The summed E-state index contributed by atoms with van der Waals surface area (Å²) >= 11 is 1.60. The number of thiophene rings is 1. The molecule has 0 atom stereocenters. The van der Waals surface area contributed by atoms with Gasteiger partial charge in [0, 0.05) is 4.88 Å². The first-order valence-electron chi connectivity index (χ1n) is 7.26. The topological polar surface area (TPSA) is 61.3 Å². The highest BCUT2D eigenvalue weighted by molar-refractivity contribution is 7.18. The van der Waals surface area contributed by atoms with Crippen LogP contribution in [0.25, 0.3) is 10.2 Å². The number of carbonyl (C=O) groups excluding carboxylic acids is 1. The van der Waals surface area contributed by atoms with E-state index in [1.807, 2.05) is 19.9 Å². The summed E-state index contributed by atoms with van der Waals surface area (Å²) in [5.41, 5.74) is 1.47. The number of esters is 1. The highest BCUT2D eigenvalue weighted by Gasteiger charge is 2.17. The molecule has 0 aliphatic carbocycles. The lowest BCUT2D eigenvalue weighted by molar-refractivity contribution is 0.0523. The molecule has 3 rings (SSSR count). The molecule has 0 N–H and O–H groups in total. The third kappa shape index (κ3) is 2.90. The number of aryl methyl sites for hydroxylation is 2. The summed E-state index contributed by atoms with van der Waals surface area (Å²) in [6, 6.07) is 6.99. The van der Waals surface area contributed by atoms with Gasteiger partial charge in [0.05, 0.1) is 12.0 Å². The van der Waals surface area contributed by atoms with Gasteiger partial charge in [0.25, 0.3) is 0 Å². The van der Waals surface area contributed by atoms with Crippen LogP contribution in [0.2, 0.25) is 0 Å². The van der Waals surface area contributed by atoms with E-state index in [4.69, 9.17) is 9.47 Å². The Morgan fingerprint density at radius 3 is 2.78 bits per heavy atom. The van der Waals surface area contributed by atoms with E-state index in [-0.39, 0.29) is 0 Å². The lowest BCUT2D eigenvalue weighted by Gasteiger charge is -2.10. The van der Waals surface area contributed by atoms with Crippen molar-refractivity contribution in [2.75, 3.05) is 6.61 Å². The summed E-state index contributed by atoms with van der Waals surface area (Å²) in [4.78, 5) is 22.6. The van der Waals surface area contributed by atoms with Gasteiger partial charge in [-0.25, -0.2) is 14.8 Å². The maximum Gasteiger partial charge on any atom is 0.341 e. The van der Waals surface area contributed by atoms with E-state index in [1.54, 1.807) is 36.5 Å². The third-order valence-electron chi connectivity index (χ3n) is 3.52. The Labute approximate surface area is 137 Å². The van der Waals surface area contributed by atoms with Gasteiger partial charge in [-0.3, -0.25) is 0 Å². The first-order valence-corrected chi connectivity index (χ1v) is 8.08. The average Bonchev–Trinajstić information content (AvgIpc) is 2.84. The zero-order valence-electron chi connectivity index (χ0n) is 13.1. The van der Waals surface area contributed by atoms with Crippen LogP contribution < -0.4 is 4.74 Å². The number of fused-ring (bicyclic) bond motifs is 1. The van der Waals surface area contributed by atoms with E-state index in [2.05, 4.69) is 9.97 Å². The lowest BCUT2D eigenvalue weighted by Crippen LogP contribution is -2.06. The molecule has 0 fully saturated rings. The SMILES string of the molecule is CCOC(=O)c1ccccc1Oc1ncnc2sc(C)c(C)c12. The van der Waals surface area contributed by atoms with Crippen molar-refractivity contribution in [3.63, 3.8) is 0 Å². The first-order chi connectivity index (χ1) is 11.1. The van der Waals surface area contributed by atoms with Gasteiger partial charge in [-0.05, 0) is 38.5 Å². The molecule has 0 amide bonds. The summed E-state index contributed by atoms with van der Waals surface area (Å²) < 4.78 is 11.0. The highest BCUT2D eigenvalue weighted by Crippen LogP contribution is 2.36. The predicted molar refractivity (Wildman–Crippen MR) is 89.4 cm³/mol. The van der Waals surface area contributed by atoms with Crippen LogP contribution in [0.4, 0.5) is 0 Å². The molecule has 0 saturated carbocycles. The molecule has 3 aromatic rings. The van der Waals surface area contributed by atoms with Gasteiger partial charge < -0.3 is 9.47 Å². The van der Waals surface area contributed by atoms with Gasteiger partial charge in [0.15, 0.2) is 0 Å². The second-order valence-electron chi connectivity index (χ2n) is 4.96. The maximum absolute atomic E-state index is 12.1. The van der Waals surface area contributed by atoms with Crippen LogP contribution >= 0.6 is 11.3 Å². The summed E-state index contributed by atoms with van der Waals surface area (Å²) in [5, 5.41) is 0.883. The van der Waals surface area contributed by atoms with E-state index < -0.39 is 5.97 Å².